The van der Waals surface area contributed by atoms with Crippen molar-refractivity contribution in [2.45, 2.75) is 48.6 Å². The summed E-state index contributed by atoms with van der Waals surface area (Å²) < 4.78 is 33.0. The van der Waals surface area contributed by atoms with E-state index in [0.29, 0.717) is 29.4 Å². The normalized spacial score (nSPS) is 24.9. The quantitative estimate of drug-likeness (QED) is 0.841. The zero-order chi connectivity index (χ0) is 19.1. The van der Waals surface area contributed by atoms with Crippen LogP contribution in [0.5, 0.6) is 0 Å². The molecule has 2 heterocycles. The van der Waals surface area contributed by atoms with E-state index in [-0.39, 0.29) is 0 Å². The highest BCUT2D eigenvalue weighted by Crippen LogP contribution is 2.44. The van der Waals surface area contributed by atoms with Crippen molar-refractivity contribution in [3.8, 4) is 0 Å². The Labute approximate surface area is 166 Å². The number of nitrogens with one attached hydrogen (secondary N) is 1. The maximum absolute atomic E-state index is 13.0. The molecule has 3 aliphatic rings. The minimum Gasteiger partial charge on any atom is -0.381 e. The molecule has 28 heavy (non-hydrogen) atoms. The first-order chi connectivity index (χ1) is 13.6. The number of sulfonamides is 1. The Bertz CT molecular complexity index is 955. The molecule has 2 aromatic rings. The van der Waals surface area contributed by atoms with Crippen molar-refractivity contribution in [1.29, 1.82) is 0 Å². The number of hydrogen-bond acceptors (Lipinski definition) is 4. The molecule has 1 saturated heterocycles. The van der Waals surface area contributed by atoms with Gasteiger partial charge in [-0.05, 0) is 55.0 Å². The van der Waals surface area contributed by atoms with Crippen molar-refractivity contribution in [2.75, 3.05) is 24.1 Å². The molecule has 5 rings (SSSR count). The van der Waals surface area contributed by atoms with Crippen molar-refractivity contribution >= 4 is 15.7 Å². The third kappa shape index (κ3) is 3.34. The van der Waals surface area contributed by atoms with E-state index in [0.717, 1.165) is 43.7 Å². The minimum absolute atomic E-state index is 0.356. The summed E-state index contributed by atoms with van der Waals surface area (Å²) in [6.07, 6.45) is 4.14. The summed E-state index contributed by atoms with van der Waals surface area (Å²) in [6, 6.07) is 16.2. The van der Waals surface area contributed by atoms with Gasteiger partial charge in [0, 0.05) is 37.8 Å². The van der Waals surface area contributed by atoms with E-state index in [1.165, 1.54) is 12.0 Å². The molecule has 1 aliphatic carbocycles. The molecule has 2 fully saturated rings. The SMILES string of the molecule is O=S(=O)(c1ccccc1)N1CCc2cc(C3CC3NC3CCOCC3)ccc21. The summed E-state index contributed by atoms with van der Waals surface area (Å²) in [5.74, 6) is 0.549. The molecule has 2 aromatic carbocycles. The van der Waals surface area contributed by atoms with Gasteiger partial charge in [-0.3, -0.25) is 4.31 Å². The second kappa shape index (κ2) is 7.17. The number of benzene rings is 2. The second-order valence-electron chi connectivity index (χ2n) is 8.03. The fourth-order valence-electron chi connectivity index (χ4n) is 4.51. The van der Waals surface area contributed by atoms with Crippen LogP contribution in [0.2, 0.25) is 0 Å². The van der Waals surface area contributed by atoms with Gasteiger partial charge in [-0.1, -0.05) is 30.3 Å². The van der Waals surface area contributed by atoms with Crippen LogP contribution >= 0.6 is 0 Å². The van der Waals surface area contributed by atoms with E-state index < -0.39 is 10.0 Å². The van der Waals surface area contributed by atoms with E-state index >= 15 is 0 Å². The third-order valence-electron chi connectivity index (χ3n) is 6.18. The van der Waals surface area contributed by atoms with Crippen LogP contribution in [0.1, 0.15) is 36.3 Å². The first kappa shape index (κ1) is 18.2. The maximum Gasteiger partial charge on any atom is 0.264 e. The van der Waals surface area contributed by atoms with Crippen LogP contribution in [0.3, 0.4) is 0 Å². The fourth-order valence-corrected chi connectivity index (χ4v) is 6.03. The molecule has 0 bridgehead atoms. The Hall–Kier alpha value is -1.89. The average molecular weight is 399 g/mol. The summed E-state index contributed by atoms with van der Waals surface area (Å²) in [4.78, 5) is 0.356. The molecule has 0 spiro atoms. The summed E-state index contributed by atoms with van der Waals surface area (Å²) in [5, 5.41) is 3.78. The van der Waals surface area contributed by atoms with Crippen molar-refractivity contribution in [1.82, 2.24) is 5.32 Å². The number of rotatable bonds is 5. The Morgan fingerprint density at radius 2 is 1.82 bits per heavy atom. The van der Waals surface area contributed by atoms with Crippen molar-refractivity contribution in [3.05, 3.63) is 59.7 Å². The minimum atomic E-state index is -3.49. The molecule has 2 aliphatic heterocycles. The van der Waals surface area contributed by atoms with Gasteiger partial charge in [0.05, 0.1) is 10.6 Å². The van der Waals surface area contributed by atoms with Crippen molar-refractivity contribution in [2.24, 2.45) is 0 Å². The zero-order valence-electron chi connectivity index (χ0n) is 15.9. The topological polar surface area (TPSA) is 58.6 Å². The van der Waals surface area contributed by atoms with Crippen LogP contribution in [-0.4, -0.2) is 40.3 Å². The lowest BCUT2D eigenvalue weighted by atomic mass is 10.0. The fraction of sp³-hybridized carbons (Fsp3) is 0.455. The molecule has 148 valence electrons. The molecular weight excluding hydrogens is 372 g/mol. The average Bonchev–Trinajstić information content (AvgIpc) is 3.35. The van der Waals surface area contributed by atoms with Gasteiger partial charge < -0.3 is 10.1 Å². The second-order valence-corrected chi connectivity index (χ2v) is 9.89. The lowest BCUT2D eigenvalue weighted by Crippen LogP contribution is -2.36. The van der Waals surface area contributed by atoms with Gasteiger partial charge in [-0.2, -0.15) is 0 Å². The van der Waals surface area contributed by atoms with Gasteiger partial charge >= 0.3 is 0 Å². The Morgan fingerprint density at radius 3 is 2.61 bits per heavy atom. The Kier molecular flexibility index (Phi) is 4.65. The zero-order valence-corrected chi connectivity index (χ0v) is 16.7. The van der Waals surface area contributed by atoms with Crippen molar-refractivity contribution < 1.29 is 13.2 Å². The van der Waals surface area contributed by atoms with Crippen LogP contribution in [0, 0.1) is 0 Å². The Balaban J connectivity index is 1.31. The standard InChI is InChI=1S/C22H26N2O3S/c25-28(26,19-4-2-1-3-5-19)24-11-8-17-14-16(6-7-22(17)24)20-15-21(20)23-18-9-12-27-13-10-18/h1-7,14,18,20-21,23H,8-13,15H2. The Morgan fingerprint density at radius 1 is 1.04 bits per heavy atom. The lowest BCUT2D eigenvalue weighted by Gasteiger charge is -2.23. The van der Waals surface area contributed by atoms with Crippen molar-refractivity contribution in [3.63, 3.8) is 0 Å². The van der Waals surface area contributed by atoms with E-state index in [1.807, 2.05) is 12.1 Å². The van der Waals surface area contributed by atoms with Gasteiger partial charge in [-0.15, -0.1) is 0 Å². The van der Waals surface area contributed by atoms with Crippen LogP contribution in [0.25, 0.3) is 0 Å². The number of nitrogens with zero attached hydrogens (tertiary/aromatic N) is 1. The first-order valence-corrected chi connectivity index (χ1v) is 11.6. The summed E-state index contributed by atoms with van der Waals surface area (Å²) in [6.45, 7) is 2.24. The van der Waals surface area contributed by atoms with Gasteiger partial charge in [0.2, 0.25) is 0 Å². The van der Waals surface area contributed by atoms with Crippen LogP contribution in [-0.2, 0) is 21.2 Å². The maximum atomic E-state index is 13.0. The van der Waals surface area contributed by atoms with Gasteiger partial charge in [0.25, 0.3) is 10.0 Å². The molecule has 1 N–H and O–H groups in total. The van der Waals surface area contributed by atoms with Gasteiger partial charge in [0.1, 0.15) is 0 Å². The highest BCUT2D eigenvalue weighted by molar-refractivity contribution is 7.92. The number of fused-ring (bicyclic) bond motifs is 1. The molecule has 0 amide bonds. The molecule has 0 aromatic heterocycles. The molecule has 5 nitrogen and oxygen atoms in total. The van der Waals surface area contributed by atoms with Gasteiger partial charge in [0.15, 0.2) is 0 Å². The third-order valence-corrected chi connectivity index (χ3v) is 8.00. The van der Waals surface area contributed by atoms with E-state index in [2.05, 4.69) is 17.4 Å². The predicted octanol–water partition coefficient (Wildman–Crippen LogP) is 3.06. The number of hydrogen-bond donors (Lipinski definition) is 1. The molecule has 0 radical (unpaired) electrons. The van der Waals surface area contributed by atoms with Gasteiger partial charge in [-0.25, -0.2) is 8.42 Å². The van der Waals surface area contributed by atoms with Crippen LogP contribution in [0.15, 0.2) is 53.4 Å². The monoisotopic (exact) mass is 398 g/mol. The number of ether oxygens (including phenoxy) is 1. The molecular formula is C22H26N2O3S. The smallest absolute Gasteiger partial charge is 0.264 e. The summed E-state index contributed by atoms with van der Waals surface area (Å²) in [5.41, 5.74) is 3.32. The molecule has 1 saturated carbocycles. The van der Waals surface area contributed by atoms with Crippen LogP contribution < -0.4 is 9.62 Å². The van der Waals surface area contributed by atoms with E-state index in [9.17, 15) is 8.42 Å². The highest BCUT2D eigenvalue weighted by atomic mass is 32.2. The molecule has 2 atom stereocenters. The van der Waals surface area contributed by atoms with E-state index in [1.54, 1.807) is 28.6 Å². The van der Waals surface area contributed by atoms with Crippen LogP contribution in [0.4, 0.5) is 5.69 Å². The highest BCUT2D eigenvalue weighted by Gasteiger charge is 2.40. The number of anilines is 1. The molecule has 6 heteroatoms. The first-order valence-electron chi connectivity index (χ1n) is 10.2. The largest absolute Gasteiger partial charge is 0.381 e. The summed E-state index contributed by atoms with van der Waals surface area (Å²) >= 11 is 0. The lowest BCUT2D eigenvalue weighted by molar-refractivity contribution is 0.0774. The van der Waals surface area contributed by atoms with E-state index in [4.69, 9.17) is 4.74 Å². The predicted molar refractivity (Wildman–Crippen MR) is 109 cm³/mol. The molecule has 2 unspecified atom stereocenters. The summed E-state index contributed by atoms with van der Waals surface area (Å²) in [7, 11) is -3.49.